The van der Waals surface area contributed by atoms with Gasteiger partial charge in [0.15, 0.2) is 0 Å². The molecule has 0 aliphatic carbocycles. The molecule has 0 aromatic heterocycles. The normalized spacial score (nSPS) is 24.5. The van der Waals surface area contributed by atoms with E-state index in [1.165, 1.54) is 0 Å². The maximum Gasteiger partial charge on any atom is 0.243 e. The van der Waals surface area contributed by atoms with Gasteiger partial charge in [-0.15, -0.1) is 0 Å². The van der Waals surface area contributed by atoms with Crippen LogP contribution in [0.3, 0.4) is 0 Å². The van der Waals surface area contributed by atoms with Gasteiger partial charge in [0, 0.05) is 25.6 Å². The van der Waals surface area contributed by atoms with Crippen LogP contribution in [0.25, 0.3) is 0 Å². The first-order valence-electron chi connectivity index (χ1n) is 8.04. The summed E-state index contributed by atoms with van der Waals surface area (Å²) in [4.78, 5) is 0.393. The van der Waals surface area contributed by atoms with Crippen LogP contribution in [0.5, 0.6) is 5.75 Å². The Bertz CT molecular complexity index is 639. The van der Waals surface area contributed by atoms with Gasteiger partial charge in [-0.1, -0.05) is 6.92 Å². The van der Waals surface area contributed by atoms with E-state index in [1.54, 1.807) is 22.5 Å². The highest BCUT2D eigenvalue weighted by Crippen LogP contribution is 2.32. The molecule has 2 heterocycles. The molecule has 0 bridgehead atoms. The van der Waals surface area contributed by atoms with Crippen LogP contribution in [-0.2, 0) is 16.4 Å². The van der Waals surface area contributed by atoms with Crippen LogP contribution in [-0.4, -0.2) is 44.5 Å². The minimum absolute atomic E-state index is 0.0633. The summed E-state index contributed by atoms with van der Waals surface area (Å²) < 4.78 is 33.4. The molecule has 0 spiro atoms. The lowest BCUT2D eigenvalue weighted by Gasteiger charge is -2.27. The minimum atomic E-state index is -3.45. The van der Waals surface area contributed by atoms with Gasteiger partial charge in [-0.25, -0.2) is 8.42 Å². The van der Waals surface area contributed by atoms with E-state index in [-0.39, 0.29) is 12.1 Å². The van der Waals surface area contributed by atoms with Gasteiger partial charge < -0.3 is 10.1 Å². The average molecular weight is 324 g/mol. The molecular formula is C16H24N2O3S. The molecule has 1 aromatic rings. The van der Waals surface area contributed by atoms with E-state index < -0.39 is 10.0 Å². The summed E-state index contributed by atoms with van der Waals surface area (Å²) >= 11 is 0. The number of nitrogens with zero attached hydrogens (tertiary/aromatic N) is 1. The number of hydrogen-bond acceptors (Lipinski definition) is 4. The predicted molar refractivity (Wildman–Crippen MR) is 85.7 cm³/mol. The molecule has 1 fully saturated rings. The van der Waals surface area contributed by atoms with Gasteiger partial charge in [0.25, 0.3) is 0 Å². The molecule has 0 saturated carbocycles. The van der Waals surface area contributed by atoms with Gasteiger partial charge in [0.05, 0.1) is 4.90 Å². The number of rotatable bonds is 5. The zero-order valence-electron chi connectivity index (χ0n) is 13.2. The summed E-state index contributed by atoms with van der Waals surface area (Å²) in [5.41, 5.74) is 0.995. The standard InChI is InChI=1S/C16H24N2O3S/c1-3-8-18(14-6-7-17-11-14)22(19,20)15-4-5-16-13(10-15)9-12(2)21-16/h4-5,10,12,14,17H,3,6-9,11H2,1-2H3. The van der Waals surface area contributed by atoms with E-state index in [2.05, 4.69) is 5.32 Å². The predicted octanol–water partition coefficient (Wildman–Crippen LogP) is 1.77. The minimum Gasteiger partial charge on any atom is -0.490 e. The van der Waals surface area contributed by atoms with Crippen molar-refractivity contribution in [2.45, 2.75) is 50.2 Å². The van der Waals surface area contributed by atoms with Crippen LogP contribution in [0.15, 0.2) is 23.1 Å². The third kappa shape index (κ3) is 2.87. The molecule has 1 aromatic carbocycles. The monoisotopic (exact) mass is 324 g/mol. The highest BCUT2D eigenvalue weighted by Gasteiger charge is 2.33. The van der Waals surface area contributed by atoms with Crippen molar-refractivity contribution < 1.29 is 13.2 Å². The van der Waals surface area contributed by atoms with Crippen molar-refractivity contribution in [3.05, 3.63) is 23.8 Å². The van der Waals surface area contributed by atoms with Gasteiger partial charge in [0.1, 0.15) is 11.9 Å². The quantitative estimate of drug-likeness (QED) is 0.897. The molecule has 2 unspecified atom stereocenters. The highest BCUT2D eigenvalue weighted by atomic mass is 32.2. The first kappa shape index (κ1) is 15.8. The van der Waals surface area contributed by atoms with E-state index in [1.807, 2.05) is 13.8 Å². The van der Waals surface area contributed by atoms with Gasteiger partial charge in [0.2, 0.25) is 10.0 Å². The SMILES string of the molecule is CCCN(C1CCNC1)S(=O)(=O)c1ccc2c(c1)CC(C)O2. The number of hydrogen-bond donors (Lipinski definition) is 1. The fourth-order valence-corrected chi connectivity index (χ4v) is 5.10. The van der Waals surface area contributed by atoms with Crippen molar-refractivity contribution >= 4 is 10.0 Å². The van der Waals surface area contributed by atoms with E-state index in [9.17, 15) is 8.42 Å². The molecule has 122 valence electrons. The Morgan fingerprint density at radius 2 is 2.23 bits per heavy atom. The topological polar surface area (TPSA) is 58.6 Å². The van der Waals surface area contributed by atoms with Crippen molar-refractivity contribution in [1.29, 1.82) is 0 Å². The lowest BCUT2D eigenvalue weighted by atomic mass is 10.1. The maximum absolute atomic E-state index is 13.0. The van der Waals surface area contributed by atoms with E-state index in [0.29, 0.717) is 11.4 Å². The molecule has 1 saturated heterocycles. The zero-order chi connectivity index (χ0) is 15.7. The molecule has 1 N–H and O–H groups in total. The number of sulfonamides is 1. The lowest BCUT2D eigenvalue weighted by molar-refractivity contribution is 0.254. The molecule has 0 amide bonds. The van der Waals surface area contributed by atoms with E-state index in [0.717, 1.165) is 43.7 Å². The first-order valence-corrected chi connectivity index (χ1v) is 9.48. The van der Waals surface area contributed by atoms with Crippen molar-refractivity contribution in [3.8, 4) is 5.75 Å². The number of nitrogens with one attached hydrogen (secondary N) is 1. The number of ether oxygens (including phenoxy) is 1. The van der Waals surface area contributed by atoms with Gasteiger partial charge >= 0.3 is 0 Å². The second-order valence-electron chi connectivity index (χ2n) is 6.16. The van der Waals surface area contributed by atoms with E-state index >= 15 is 0 Å². The summed E-state index contributed by atoms with van der Waals surface area (Å²) in [6.07, 6.45) is 2.60. The molecule has 22 heavy (non-hydrogen) atoms. The van der Waals surface area contributed by atoms with Crippen molar-refractivity contribution in [3.63, 3.8) is 0 Å². The van der Waals surface area contributed by atoms with Crippen molar-refractivity contribution in [2.24, 2.45) is 0 Å². The Labute approximate surface area is 132 Å². The van der Waals surface area contributed by atoms with Gasteiger partial charge in [-0.05, 0) is 50.1 Å². The molecule has 6 heteroatoms. The average Bonchev–Trinajstić information content (AvgIpc) is 3.11. The summed E-state index contributed by atoms with van der Waals surface area (Å²) in [6, 6.07) is 5.33. The second kappa shape index (κ2) is 6.18. The van der Waals surface area contributed by atoms with Crippen molar-refractivity contribution in [1.82, 2.24) is 9.62 Å². The molecule has 2 aliphatic heterocycles. The molecule has 3 rings (SSSR count). The number of benzene rings is 1. The molecule has 2 aliphatic rings. The third-order valence-corrected chi connectivity index (χ3v) is 6.31. The van der Waals surface area contributed by atoms with Crippen LogP contribution < -0.4 is 10.1 Å². The van der Waals surface area contributed by atoms with E-state index in [4.69, 9.17) is 4.74 Å². The Hall–Kier alpha value is -1.11. The summed E-state index contributed by atoms with van der Waals surface area (Å²) in [5, 5.41) is 3.26. The molecule has 0 radical (unpaired) electrons. The summed E-state index contributed by atoms with van der Waals surface area (Å²) in [7, 11) is -3.45. The second-order valence-corrected chi connectivity index (χ2v) is 8.06. The zero-order valence-corrected chi connectivity index (χ0v) is 14.0. The largest absolute Gasteiger partial charge is 0.490 e. The Morgan fingerprint density at radius 3 is 2.91 bits per heavy atom. The van der Waals surface area contributed by atoms with Crippen LogP contribution in [0.4, 0.5) is 0 Å². The lowest BCUT2D eigenvalue weighted by Crippen LogP contribution is -2.42. The Kier molecular flexibility index (Phi) is 4.43. The fraction of sp³-hybridized carbons (Fsp3) is 0.625. The fourth-order valence-electron chi connectivity index (χ4n) is 3.30. The van der Waals surface area contributed by atoms with Crippen LogP contribution in [0, 0.1) is 0 Å². The third-order valence-electron chi connectivity index (χ3n) is 4.36. The Balaban J connectivity index is 1.92. The Morgan fingerprint density at radius 1 is 1.41 bits per heavy atom. The van der Waals surface area contributed by atoms with Gasteiger partial charge in [-0.2, -0.15) is 4.31 Å². The van der Waals surface area contributed by atoms with Crippen molar-refractivity contribution in [2.75, 3.05) is 19.6 Å². The highest BCUT2D eigenvalue weighted by molar-refractivity contribution is 7.89. The molecular weight excluding hydrogens is 300 g/mol. The molecule has 2 atom stereocenters. The maximum atomic E-state index is 13.0. The van der Waals surface area contributed by atoms with Gasteiger partial charge in [-0.3, -0.25) is 0 Å². The summed E-state index contributed by atoms with van der Waals surface area (Å²) in [5.74, 6) is 0.816. The summed E-state index contributed by atoms with van der Waals surface area (Å²) in [6.45, 7) is 6.21. The van der Waals surface area contributed by atoms with Crippen LogP contribution >= 0.6 is 0 Å². The van der Waals surface area contributed by atoms with Crippen LogP contribution in [0.2, 0.25) is 0 Å². The smallest absolute Gasteiger partial charge is 0.243 e. The first-order chi connectivity index (χ1) is 10.5. The molecule has 5 nitrogen and oxygen atoms in total. The number of fused-ring (bicyclic) bond motifs is 1. The van der Waals surface area contributed by atoms with Crippen LogP contribution in [0.1, 0.15) is 32.3 Å².